The summed E-state index contributed by atoms with van der Waals surface area (Å²) in [6.45, 7) is 1.21. The van der Waals surface area contributed by atoms with Gasteiger partial charge in [0.1, 0.15) is 12.0 Å². The lowest BCUT2D eigenvalue weighted by atomic mass is 10.1. The molecule has 0 fully saturated rings. The van der Waals surface area contributed by atoms with Gasteiger partial charge in [-0.15, -0.1) is 10.2 Å². The average molecular weight is 294 g/mol. The molecule has 0 spiro atoms. The molecule has 0 aliphatic carbocycles. The summed E-state index contributed by atoms with van der Waals surface area (Å²) in [6.07, 6.45) is 1.58. The van der Waals surface area contributed by atoms with Crippen LogP contribution in [0.2, 0.25) is 0 Å². The standard InChI is InChI=1S/C12H12F2N6O/c13-8-3-7(4-9(14)11(8)17-15)12(21)19-1-2-20-6-16-18-10(20)5-19/h3-4,6,17H,1-2,5,15H2. The molecule has 7 nitrogen and oxygen atoms in total. The molecular weight excluding hydrogens is 282 g/mol. The van der Waals surface area contributed by atoms with E-state index in [0.29, 0.717) is 18.9 Å². The van der Waals surface area contributed by atoms with Gasteiger partial charge in [-0.3, -0.25) is 10.6 Å². The zero-order chi connectivity index (χ0) is 15.0. The molecule has 1 aromatic heterocycles. The number of benzene rings is 1. The minimum absolute atomic E-state index is 0.0723. The van der Waals surface area contributed by atoms with E-state index in [0.717, 1.165) is 12.1 Å². The molecule has 1 amide bonds. The first-order valence-electron chi connectivity index (χ1n) is 6.21. The fourth-order valence-electron chi connectivity index (χ4n) is 2.26. The van der Waals surface area contributed by atoms with Crippen molar-refractivity contribution in [2.24, 2.45) is 5.84 Å². The van der Waals surface area contributed by atoms with Gasteiger partial charge in [0.15, 0.2) is 17.5 Å². The molecule has 0 unspecified atom stereocenters. The molecule has 2 aromatic rings. The van der Waals surface area contributed by atoms with E-state index in [1.807, 2.05) is 9.99 Å². The first-order valence-corrected chi connectivity index (χ1v) is 6.21. The van der Waals surface area contributed by atoms with E-state index in [2.05, 4.69) is 10.2 Å². The Morgan fingerprint density at radius 2 is 2.00 bits per heavy atom. The van der Waals surface area contributed by atoms with E-state index in [9.17, 15) is 13.6 Å². The van der Waals surface area contributed by atoms with Gasteiger partial charge in [0.2, 0.25) is 0 Å². The van der Waals surface area contributed by atoms with Gasteiger partial charge in [0.25, 0.3) is 5.91 Å². The summed E-state index contributed by atoms with van der Waals surface area (Å²) in [5.41, 5.74) is 1.38. The maximum atomic E-state index is 13.6. The zero-order valence-electron chi connectivity index (χ0n) is 10.9. The van der Waals surface area contributed by atoms with Crippen LogP contribution in [0.5, 0.6) is 0 Å². The number of nitrogens with two attached hydrogens (primary N) is 1. The van der Waals surface area contributed by atoms with Crippen molar-refractivity contribution >= 4 is 11.6 Å². The van der Waals surface area contributed by atoms with Gasteiger partial charge in [0.05, 0.1) is 6.54 Å². The second-order valence-corrected chi connectivity index (χ2v) is 4.63. The van der Waals surface area contributed by atoms with E-state index < -0.39 is 23.2 Å². The van der Waals surface area contributed by atoms with Crippen molar-refractivity contribution in [2.75, 3.05) is 12.0 Å². The summed E-state index contributed by atoms with van der Waals surface area (Å²) in [7, 11) is 0. The number of aromatic nitrogens is 3. The summed E-state index contributed by atoms with van der Waals surface area (Å²) >= 11 is 0. The third-order valence-electron chi connectivity index (χ3n) is 3.36. The largest absolute Gasteiger partial charge is 0.329 e. The molecule has 0 bridgehead atoms. The van der Waals surface area contributed by atoms with Crippen LogP contribution in [0.1, 0.15) is 16.2 Å². The van der Waals surface area contributed by atoms with Crippen LogP contribution in [-0.4, -0.2) is 32.1 Å². The minimum atomic E-state index is -0.916. The summed E-state index contributed by atoms with van der Waals surface area (Å²) in [5.74, 6) is 3.35. The number of nitrogens with zero attached hydrogens (tertiary/aromatic N) is 4. The van der Waals surface area contributed by atoms with Gasteiger partial charge < -0.3 is 14.9 Å². The number of hydrazine groups is 1. The lowest BCUT2D eigenvalue weighted by Gasteiger charge is -2.27. The fraction of sp³-hybridized carbons (Fsp3) is 0.250. The van der Waals surface area contributed by atoms with E-state index in [-0.39, 0.29) is 12.1 Å². The highest BCUT2D eigenvalue weighted by Crippen LogP contribution is 2.21. The lowest BCUT2D eigenvalue weighted by molar-refractivity contribution is 0.0706. The molecule has 9 heteroatoms. The molecule has 0 saturated carbocycles. The number of hydrogen-bond donors (Lipinski definition) is 2. The molecule has 1 aliphatic heterocycles. The maximum Gasteiger partial charge on any atom is 0.254 e. The van der Waals surface area contributed by atoms with Crippen molar-refractivity contribution in [3.63, 3.8) is 0 Å². The predicted octanol–water partition coefficient (Wildman–Crippen LogP) is 0.498. The van der Waals surface area contributed by atoms with Crippen LogP contribution in [0.4, 0.5) is 14.5 Å². The number of anilines is 1. The summed E-state index contributed by atoms with van der Waals surface area (Å²) < 4.78 is 29.1. The third kappa shape index (κ3) is 2.31. The smallest absolute Gasteiger partial charge is 0.254 e. The van der Waals surface area contributed by atoms with Gasteiger partial charge in [0, 0.05) is 18.7 Å². The monoisotopic (exact) mass is 294 g/mol. The molecule has 1 aromatic carbocycles. The molecule has 3 rings (SSSR count). The van der Waals surface area contributed by atoms with Crippen molar-refractivity contribution in [3.05, 3.63) is 41.5 Å². The highest BCUT2D eigenvalue weighted by atomic mass is 19.1. The van der Waals surface area contributed by atoms with Crippen molar-refractivity contribution in [2.45, 2.75) is 13.1 Å². The second-order valence-electron chi connectivity index (χ2n) is 4.63. The number of amides is 1. The van der Waals surface area contributed by atoms with E-state index in [1.54, 1.807) is 6.33 Å². The Balaban J connectivity index is 1.86. The Morgan fingerprint density at radius 3 is 2.67 bits per heavy atom. The number of nitrogens with one attached hydrogen (secondary N) is 1. The van der Waals surface area contributed by atoms with Crippen LogP contribution in [0.25, 0.3) is 0 Å². The Hall–Kier alpha value is -2.55. The number of nitrogen functional groups attached to an aromatic ring is 1. The Kier molecular flexibility index (Phi) is 3.26. The molecule has 110 valence electrons. The Labute approximate surface area is 118 Å². The second kappa shape index (κ2) is 5.09. The average Bonchev–Trinajstić information content (AvgIpc) is 2.93. The van der Waals surface area contributed by atoms with E-state index in [1.165, 1.54) is 4.90 Å². The van der Waals surface area contributed by atoms with Gasteiger partial charge in [-0.2, -0.15) is 0 Å². The van der Waals surface area contributed by atoms with Crippen molar-refractivity contribution in [1.29, 1.82) is 0 Å². The van der Waals surface area contributed by atoms with Crippen LogP contribution < -0.4 is 11.3 Å². The van der Waals surface area contributed by atoms with Crippen molar-refractivity contribution < 1.29 is 13.6 Å². The van der Waals surface area contributed by atoms with Crippen LogP contribution in [-0.2, 0) is 13.1 Å². The number of carbonyl (C=O) groups is 1. The SMILES string of the molecule is NNc1c(F)cc(C(=O)N2CCn3cnnc3C2)cc1F. The van der Waals surface area contributed by atoms with Gasteiger partial charge in [-0.1, -0.05) is 0 Å². The molecular formula is C12H12F2N6O. The normalized spacial score (nSPS) is 14.0. The topological polar surface area (TPSA) is 89.1 Å². The van der Waals surface area contributed by atoms with Crippen LogP contribution in [0, 0.1) is 11.6 Å². The minimum Gasteiger partial charge on any atom is -0.329 e. The first-order chi connectivity index (χ1) is 10.1. The molecule has 21 heavy (non-hydrogen) atoms. The van der Waals surface area contributed by atoms with Gasteiger partial charge >= 0.3 is 0 Å². The summed E-state index contributed by atoms with van der Waals surface area (Å²) in [6, 6.07) is 1.92. The number of halogens is 2. The molecule has 2 heterocycles. The van der Waals surface area contributed by atoms with Crippen LogP contribution >= 0.6 is 0 Å². The van der Waals surface area contributed by atoms with Crippen molar-refractivity contribution in [1.82, 2.24) is 19.7 Å². The van der Waals surface area contributed by atoms with E-state index in [4.69, 9.17) is 5.84 Å². The van der Waals surface area contributed by atoms with Crippen LogP contribution in [0.15, 0.2) is 18.5 Å². The summed E-state index contributed by atoms with van der Waals surface area (Å²) in [4.78, 5) is 13.8. The lowest BCUT2D eigenvalue weighted by Crippen LogP contribution is -2.38. The van der Waals surface area contributed by atoms with E-state index >= 15 is 0 Å². The highest BCUT2D eigenvalue weighted by Gasteiger charge is 2.24. The summed E-state index contributed by atoms with van der Waals surface area (Å²) in [5, 5.41) is 7.64. The number of fused-ring (bicyclic) bond motifs is 1. The molecule has 0 atom stereocenters. The number of carbonyl (C=O) groups excluding carboxylic acids is 1. The van der Waals surface area contributed by atoms with Crippen molar-refractivity contribution in [3.8, 4) is 0 Å². The molecule has 0 radical (unpaired) electrons. The van der Waals surface area contributed by atoms with Gasteiger partial charge in [-0.25, -0.2) is 8.78 Å². The Bertz CT molecular complexity index is 678. The predicted molar refractivity (Wildman–Crippen MR) is 68.9 cm³/mol. The number of hydrogen-bond acceptors (Lipinski definition) is 5. The molecule has 0 saturated heterocycles. The Morgan fingerprint density at radius 1 is 1.29 bits per heavy atom. The molecule has 3 N–H and O–H groups in total. The maximum absolute atomic E-state index is 13.6. The van der Waals surface area contributed by atoms with Gasteiger partial charge in [-0.05, 0) is 12.1 Å². The van der Waals surface area contributed by atoms with Crippen LogP contribution in [0.3, 0.4) is 0 Å². The fourth-order valence-corrected chi connectivity index (χ4v) is 2.26. The third-order valence-corrected chi connectivity index (χ3v) is 3.36. The zero-order valence-corrected chi connectivity index (χ0v) is 10.9. The first kappa shape index (κ1) is 13.4. The molecule has 1 aliphatic rings. The quantitative estimate of drug-likeness (QED) is 0.622. The number of rotatable bonds is 2. The highest BCUT2D eigenvalue weighted by molar-refractivity contribution is 5.94.